The average molecular weight is 375 g/mol. The highest BCUT2D eigenvalue weighted by molar-refractivity contribution is 7.98. The molecule has 0 spiro atoms. The molecular formula is C14H10ClF3N4OS. The van der Waals surface area contributed by atoms with Gasteiger partial charge in [0, 0.05) is 18.1 Å². The number of aromatic amines is 1. The number of alkyl halides is 3. The van der Waals surface area contributed by atoms with Crippen LogP contribution >= 0.6 is 23.4 Å². The topological polar surface area (TPSA) is 63.6 Å². The molecule has 1 aromatic carbocycles. The van der Waals surface area contributed by atoms with Gasteiger partial charge in [-0.15, -0.1) is 0 Å². The summed E-state index contributed by atoms with van der Waals surface area (Å²) in [6.07, 6.45) is -4.67. The number of nitrogens with one attached hydrogen (secondary N) is 1. The second kappa shape index (κ2) is 6.14. The number of hydrogen-bond donors (Lipinski definition) is 1. The zero-order valence-electron chi connectivity index (χ0n) is 12.2. The lowest BCUT2D eigenvalue weighted by Crippen LogP contribution is -2.16. The monoisotopic (exact) mass is 374 g/mol. The van der Waals surface area contributed by atoms with Gasteiger partial charge in [-0.05, 0) is 18.2 Å². The summed E-state index contributed by atoms with van der Waals surface area (Å²) in [5.74, 6) is 0.866. The van der Waals surface area contributed by atoms with Gasteiger partial charge in [0.15, 0.2) is 10.9 Å². The molecule has 2 heterocycles. The number of nitrogens with zero attached hydrogens (tertiary/aromatic N) is 3. The number of aromatic nitrogens is 4. The average Bonchev–Trinajstić information content (AvgIpc) is 2.79. The molecule has 5 nitrogen and oxygen atoms in total. The van der Waals surface area contributed by atoms with Crippen LogP contribution in [0.4, 0.5) is 13.2 Å². The van der Waals surface area contributed by atoms with Crippen molar-refractivity contribution in [2.75, 3.05) is 0 Å². The van der Waals surface area contributed by atoms with Crippen LogP contribution in [-0.4, -0.2) is 19.5 Å². The number of rotatable bonds is 3. The van der Waals surface area contributed by atoms with E-state index in [2.05, 4.69) is 15.0 Å². The van der Waals surface area contributed by atoms with E-state index in [1.807, 2.05) is 10.6 Å². The van der Waals surface area contributed by atoms with Crippen molar-refractivity contribution in [2.24, 2.45) is 7.05 Å². The van der Waals surface area contributed by atoms with E-state index in [-0.39, 0.29) is 10.9 Å². The molecule has 0 radical (unpaired) electrons. The second-order valence-electron chi connectivity index (χ2n) is 4.94. The first-order valence-corrected chi connectivity index (χ1v) is 8.02. The minimum atomic E-state index is -4.67. The number of fused-ring (bicyclic) bond motifs is 1. The highest BCUT2D eigenvalue weighted by Gasteiger charge is 2.33. The van der Waals surface area contributed by atoms with Gasteiger partial charge in [0.25, 0.3) is 5.56 Å². The summed E-state index contributed by atoms with van der Waals surface area (Å²) in [4.78, 5) is 21.5. The molecule has 0 fully saturated rings. The van der Waals surface area contributed by atoms with Gasteiger partial charge >= 0.3 is 6.18 Å². The van der Waals surface area contributed by atoms with Crippen molar-refractivity contribution in [3.05, 3.63) is 51.2 Å². The summed E-state index contributed by atoms with van der Waals surface area (Å²) in [7, 11) is 1.79. The number of thioether (sulfide) groups is 1. The Morgan fingerprint density at radius 1 is 1.29 bits per heavy atom. The Morgan fingerprint density at radius 2 is 2.04 bits per heavy atom. The fraction of sp³-hybridized carbons (Fsp3) is 0.214. The third-order valence-electron chi connectivity index (χ3n) is 3.28. The van der Waals surface area contributed by atoms with Gasteiger partial charge in [-0.1, -0.05) is 23.4 Å². The van der Waals surface area contributed by atoms with E-state index >= 15 is 0 Å². The molecule has 0 atom stereocenters. The molecule has 0 unspecified atom stereocenters. The molecule has 3 aromatic rings. The minimum absolute atomic E-state index is 0.111. The van der Waals surface area contributed by atoms with E-state index in [0.717, 1.165) is 17.3 Å². The van der Waals surface area contributed by atoms with Crippen molar-refractivity contribution in [2.45, 2.75) is 17.1 Å². The van der Waals surface area contributed by atoms with Crippen molar-refractivity contribution in [3.8, 4) is 0 Å². The number of imidazole rings is 1. The maximum atomic E-state index is 12.7. The summed E-state index contributed by atoms with van der Waals surface area (Å²) in [6.45, 7) is 0. The molecule has 0 aliphatic heterocycles. The maximum absolute atomic E-state index is 12.7. The first-order chi connectivity index (χ1) is 11.2. The molecule has 1 N–H and O–H groups in total. The van der Waals surface area contributed by atoms with E-state index in [1.54, 1.807) is 19.2 Å². The van der Waals surface area contributed by atoms with Gasteiger partial charge in [0.05, 0.1) is 16.8 Å². The van der Waals surface area contributed by atoms with Crippen LogP contribution in [0.15, 0.2) is 34.2 Å². The Bertz CT molecular complexity index is 967. The molecule has 0 saturated carbocycles. The molecule has 2 aromatic heterocycles. The third-order valence-corrected chi connectivity index (χ3v) is 4.39. The fourth-order valence-electron chi connectivity index (χ4n) is 2.13. The lowest BCUT2D eigenvalue weighted by Gasteiger charge is -2.07. The summed E-state index contributed by atoms with van der Waals surface area (Å²) >= 11 is 6.89. The number of H-pyrrole nitrogens is 1. The molecule has 0 aliphatic rings. The van der Waals surface area contributed by atoms with E-state index in [1.165, 1.54) is 0 Å². The van der Waals surface area contributed by atoms with Crippen LogP contribution in [0, 0.1) is 0 Å². The van der Waals surface area contributed by atoms with Gasteiger partial charge in [-0.3, -0.25) is 4.79 Å². The van der Waals surface area contributed by atoms with Crippen molar-refractivity contribution in [1.82, 2.24) is 19.5 Å². The highest BCUT2D eigenvalue weighted by Crippen LogP contribution is 2.28. The largest absolute Gasteiger partial charge is 0.433 e. The lowest BCUT2D eigenvalue weighted by molar-refractivity contribution is -0.141. The zero-order valence-corrected chi connectivity index (χ0v) is 13.8. The van der Waals surface area contributed by atoms with Crippen molar-refractivity contribution < 1.29 is 13.2 Å². The third kappa shape index (κ3) is 3.41. The van der Waals surface area contributed by atoms with Crippen LogP contribution in [0.2, 0.25) is 5.02 Å². The smallest absolute Gasteiger partial charge is 0.330 e. The standard InChI is InChI=1S/C14H10ClF3N4OS/c1-22-9-3-2-7(15)4-8(9)19-11(22)6-24-13-20-10(14(16,17)18)5-12(23)21-13/h2-5H,6H2,1H3,(H,20,21,23). The summed E-state index contributed by atoms with van der Waals surface area (Å²) in [5, 5.41) is 0.434. The van der Waals surface area contributed by atoms with Gasteiger partial charge in [-0.2, -0.15) is 13.2 Å². The SMILES string of the molecule is Cn1c(CSc2nc(C(F)(F)F)cc(=O)[nH]2)nc2cc(Cl)ccc21. The Hall–Kier alpha value is -2.00. The molecular weight excluding hydrogens is 365 g/mol. The van der Waals surface area contributed by atoms with Crippen LogP contribution in [0.3, 0.4) is 0 Å². The summed E-state index contributed by atoms with van der Waals surface area (Å²) < 4.78 is 39.9. The van der Waals surface area contributed by atoms with Crippen LogP contribution in [-0.2, 0) is 19.0 Å². The van der Waals surface area contributed by atoms with Gasteiger partial charge in [-0.25, -0.2) is 9.97 Å². The Labute approximate surface area is 142 Å². The summed E-state index contributed by atoms with van der Waals surface area (Å²) in [6, 6.07) is 5.67. The lowest BCUT2D eigenvalue weighted by atomic mass is 10.3. The Kier molecular flexibility index (Phi) is 4.31. The van der Waals surface area contributed by atoms with Crippen molar-refractivity contribution in [3.63, 3.8) is 0 Å². The fourth-order valence-corrected chi connectivity index (χ4v) is 3.16. The molecule has 0 saturated heterocycles. The van der Waals surface area contributed by atoms with Crippen LogP contribution in [0.1, 0.15) is 11.5 Å². The van der Waals surface area contributed by atoms with E-state index < -0.39 is 17.4 Å². The summed E-state index contributed by atoms with van der Waals surface area (Å²) in [5.41, 5.74) is -0.534. The molecule has 24 heavy (non-hydrogen) atoms. The quantitative estimate of drug-likeness (QED) is 0.562. The predicted molar refractivity (Wildman–Crippen MR) is 85.1 cm³/mol. The molecule has 0 amide bonds. The van der Waals surface area contributed by atoms with E-state index in [0.29, 0.717) is 22.4 Å². The Morgan fingerprint density at radius 3 is 2.75 bits per heavy atom. The minimum Gasteiger partial charge on any atom is -0.330 e. The molecule has 3 rings (SSSR count). The number of halogens is 4. The van der Waals surface area contributed by atoms with Gasteiger partial charge < -0.3 is 9.55 Å². The van der Waals surface area contributed by atoms with E-state index in [4.69, 9.17) is 11.6 Å². The van der Waals surface area contributed by atoms with Crippen molar-refractivity contribution >= 4 is 34.4 Å². The predicted octanol–water partition coefficient (Wildman–Crippen LogP) is 3.62. The molecule has 126 valence electrons. The van der Waals surface area contributed by atoms with E-state index in [9.17, 15) is 18.0 Å². The molecule has 0 bridgehead atoms. The first-order valence-electron chi connectivity index (χ1n) is 6.66. The molecule has 10 heteroatoms. The Balaban J connectivity index is 1.87. The van der Waals surface area contributed by atoms with Crippen LogP contribution < -0.4 is 5.56 Å². The number of aryl methyl sites for hydroxylation is 1. The molecule has 0 aliphatic carbocycles. The number of benzene rings is 1. The second-order valence-corrected chi connectivity index (χ2v) is 6.34. The first kappa shape index (κ1) is 16.8. The van der Waals surface area contributed by atoms with Gasteiger partial charge in [0.2, 0.25) is 0 Å². The maximum Gasteiger partial charge on any atom is 0.433 e. The number of hydrogen-bond acceptors (Lipinski definition) is 4. The van der Waals surface area contributed by atoms with Crippen LogP contribution in [0.25, 0.3) is 11.0 Å². The highest BCUT2D eigenvalue weighted by atomic mass is 35.5. The van der Waals surface area contributed by atoms with Crippen LogP contribution in [0.5, 0.6) is 0 Å². The normalized spacial score (nSPS) is 12.0. The van der Waals surface area contributed by atoms with Gasteiger partial charge in [0.1, 0.15) is 5.82 Å². The zero-order chi connectivity index (χ0) is 17.5. The van der Waals surface area contributed by atoms with Crippen molar-refractivity contribution in [1.29, 1.82) is 0 Å².